The number of carbonyl (C=O) groups excluding carboxylic acids is 2. The van der Waals surface area contributed by atoms with Crippen molar-refractivity contribution >= 4 is 28.6 Å². The average molecular weight is 529 g/mol. The third-order valence-corrected chi connectivity index (χ3v) is 13.3. The number of hydrogen-bond acceptors (Lipinski definition) is 7. The van der Waals surface area contributed by atoms with Crippen molar-refractivity contribution in [1.29, 1.82) is 0 Å². The Bertz CT molecular complexity index is 627. The number of ether oxygens (including phenoxy) is 2. The van der Waals surface area contributed by atoms with Gasteiger partial charge in [0.05, 0.1) is 0 Å². The van der Waals surface area contributed by atoms with E-state index in [1.165, 1.54) is 24.9 Å². The van der Waals surface area contributed by atoms with E-state index in [2.05, 4.69) is 63.2 Å². The first-order chi connectivity index (χ1) is 16.1. The predicted octanol–water partition coefficient (Wildman–Crippen LogP) is 5.08. The van der Waals surface area contributed by atoms with E-state index in [0.29, 0.717) is 24.4 Å². The number of hydrogen-bond donors (Lipinski definition) is 0. The summed E-state index contributed by atoms with van der Waals surface area (Å²) in [6.07, 6.45) is 4.59. The molecular formula is C26H52N2O5Si2. The Labute approximate surface area is 217 Å². The molecule has 0 aliphatic rings. The number of likely N-dealkylation sites (N-methyl/N-ethyl adjacent to an activating group) is 2. The molecule has 0 bridgehead atoms. The summed E-state index contributed by atoms with van der Waals surface area (Å²) < 4.78 is 17.1. The van der Waals surface area contributed by atoms with Gasteiger partial charge in [0, 0.05) is 24.2 Å². The highest BCUT2D eigenvalue weighted by atomic mass is 28.4. The number of esters is 2. The zero-order valence-corrected chi connectivity index (χ0v) is 25.8. The van der Waals surface area contributed by atoms with E-state index >= 15 is 0 Å². The maximum Gasteiger partial charge on any atom is 0.333 e. The second-order valence-electron chi connectivity index (χ2n) is 11.0. The molecule has 204 valence electrons. The van der Waals surface area contributed by atoms with Crippen molar-refractivity contribution in [2.24, 2.45) is 0 Å². The van der Waals surface area contributed by atoms with Gasteiger partial charge in [-0.15, -0.1) is 0 Å². The molecule has 0 fully saturated rings. The van der Waals surface area contributed by atoms with Crippen molar-refractivity contribution in [1.82, 2.24) is 9.80 Å². The lowest BCUT2D eigenvalue weighted by Gasteiger charge is -2.34. The Hall–Kier alpha value is -1.27. The third kappa shape index (κ3) is 18.6. The maximum atomic E-state index is 11.4. The lowest BCUT2D eigenvalue weighted by atomic mass is 10.3. The first kappa shape index (κ1) is 33.7. The van der Waals surface area contributed by atoms with Crippen LogP contribution in [0.25, 0.3) is 0 Å². The summed E-state index contributed by atoms with van der Waals surface area (Å²) in [5, 5.41) is 0. The molecule has 0 rings (SSSR count). The Morgan fingerprint density at radius 2 is 1.00 bits per heavy atom. The minimum absolute atomic E-state index is 0.316. The van der Waals surface area contributed by atoms with Gasteiger partial charge in [-0.25, -0.2) is 9.59 Å². The van der Waals surface area contributed by atoms with Crippen LogP contribution in [0.3, 0.4) is 0 Å². The summed E-state index contributed by atoms with van der Waals surface area (Å²) in [5.74, 6) is -0.632. The highest BCUT2D eigenvalue weighted by molar-refractivity contribution is 6.84. The molecule has 0 aromatic heterocycles. The summed E-state index contributed by atoms with van der Waals surface area (Å²) in [6, 6.07) is 2.35. The van der Waals surface area contributed by atoms with Crippen molar-refractivity contribution < 1.29 is 23.2 Å². The Morgan fingerprint density at radius 3 is 1.31 bits per heavy atom. The fourth-order valence-electron chi connectivity index (χ4n) is 3.77. The molecule has 9 heteroatoms. The topological polar surface area (TPSA) is 68.3 Å². The van der Waals surface area contributed by atoms with Gasteiger partial charge in [0.2, 0.25) is 0 Å². The molecule has 0 aromatic carbocycles. The minimum Gasteiger partial charge on any atom is -0.461 e. The molecule has 0 amide bonds. The van der Waals surface area contributed by atoms with Crippen LogP contribution in [0.5, 0.6) is 0 Å². The highest BCUT2D eigenvalue weighted by Crippen LogP contribution is 2.25. The number of carbonyl (C=O) groups is 2. The van der Waals surface area contributed by atoms with E-state index < -0.39 is 16.6 Å². The molecule has 0 N–H and O–H groups in total. The van der Waals surface area contributed by atoms with Gasteiger partial charge in [0.1, 0.15) is 13.2 Å². The van der Waals surface area contributed by atoms with Crippen LogP contribution in [0, 0.1) is 0 Å². The quantitative estimate of drug-likeness (QED) is 0.0945. The van der Waals surface area contributed by atoms with Crippen LogP contribution in [0.1, 0.15) is 39.5 Å². The second-order valence-corrected chi connectivity index (χ2v) is 19.8. The molecule has 0 heterocycles. The zero-order chi connectivity index (χ0) is 27.1. The Kier molecular flexibility index (Phi) is 16.6. The van der Waals surface area contributed by atoms with Gasteiger partial charge in [-0.1, -0.05) is 26.0 Å². The van der Waals surface area contributed by atoms with Gasteiger partial charge in [-0.05, 0) is 92.2 Å². The average Bonchev–Trinajstić information content (AvgIpc) is 2.73. The normalized spacial score (nSPS) is 12.2. The molecule has 0 atom stereocenters. The van der Waals surface area contributed by atoms with E-state index in [-0.39, 0.29) is 11.9 Å². The van der Waals surface area contributed by atoms with Crippen molar-refractivity contribution in [3.05, 3.63) is 24.3 Å². The molecule has 35 heavy (non-hydrogen) atoms. The molecule has 0 radical (unpaired) electrons. The predicted molar refractivity (Wildman–Crippen MR) is 151 cm³/mol. The molecule has 7 nitrogen and oxygen atoms in total. The summed E-state index contributed by atoms with van der Waals surface area (Å²) in [6.45, 7) is 24.2. The van der Waals surface area contributed by atoms with Gasteiger partial charge in [-0.2, -0.15) is 0 Å². The van der Waals surface area contributed by atoms with Crippen LogP contribution in [-0.2, 0) is 23.2 Å². The van der Waals surface area contributed by atoms with Gasteiger partial charge >= 0.3 is 11.9 Å². The van der Waals surface area contributed by atoms with Crippen LogP contribution in [0.2, 0.25) is 38.3 Å². The number of unbranched alkanes of at least 4 members (excludes halogenated alkanes) is 2. The molecular weight excluding hydrogens is 476 g/mol. The van der Waals surface area contributed by atoms with E-state index in [0.717, 1.165) is 39.0 Å². The highest BCUT2D eigenvalue weighted by Gasteiger charge is 2.32. The number of rotatable bonds is 20. The molecule has 0 saturated heterocycles. The lowest BCUT2D eigenvalue weighted by Crippen LogP contribution is -2.44. The Balaban J connectivity index is 4.04. The fraction of sp³-hybridized carbons (Fsp3) is 0.769. The minimum atomic E-state index is -1.69. The smallest absolute Gasteiger partial charge is 0.333 e. The van der Waals surface area contributed by atoms with Gasteiger partial charge < -0.3 is 23.4 Å². The van der Waals surface area contributed by atoms with Crippen LogP contribution >= 0.6 is 0 Å². The van der Waals surface area contributed by atoms with Crippen molar-refractivity contribution in [3.8, 4) is 0 Å². The molecule has 0 aliphatic carbocycles. The van der Waals surface area contributed by atoms with E-state index in [9.17, 15) is 9.59 Å². The monoisotopic (exact) mass is 528 g/mol. The fourth-order valence-corrected chi connectivity index (χ4v) is 12.8. The number of nitrogens with zero attached hydrogens (tertiary/aromatic N) is 2. The van der Waals surface area contributed by atoms with Crippen LogP contribution in [-0.4, -0.2) is 91.9 Å². The third-order valence-electron chi connectivity index (χ3n) is 5.80. The van der Waals surface area contributed by atoms with Crippen LogP contribution in [0.15, 0.2) is 24.3 Å². The van der Waals surface area contributed by atoms with Gasteiger partial charge in [-0.3, -0.25) is 0 Å². The van der Waals surface area contributed by atoms with E-state index in [1.54, 1.807) is 13.8 Å². The standard InChI is InChI=1S/C26H52N2O5Si2/c1-23(2)25(29)31-19-17-27(5)15-11-13-21-34(7,8)33-35(9,10)22-14-12-16-28(6)18-20-32-26(30)24(3)4/h1,3,11-22H2,2,4-10H3. The van der Waals surface area contributed by atoms with Crippen molar-refractivity contribution in [2.45, 2.75) is 77.8 Å². The molecule has 0 saturated carbocycles. The molecule has 0 aliphatic heterocycles. The summed E-state index contributed by atoms with van der Waals surface area (Å²) in [4.78, 5) is 27.3. The van der Waals surface area contributed by atoms with Crippen molar-refractivity contribution in [3.63, 3.8) is 0 Å². The van der Waals surface area contributed by atoms with E-state index in [1.807, 2.05) is 0 Å². The van der Waals surface area contributed by atoms with Crippen LogP contribution < -0.4 is 0 Å². The SMILES string of the molecule is C=C(C)C(=O)OCCN(C)CCCC[Si](C)(C)O[Si](C)(C)CCCCN(C)CCOC(=O)C(=C)C. The first-order valence-corrected chi connectivity index (χ1v) is 19.1. The van der Waals surface area contributed by atoms with Crippen molar-refractivity contribution in [2.75, 3.05) is 53.5 Å². The molecule has 0 aromatic rings. The molecule has 0 unspecified atom stereocenters. The van der Waals surface area contributed by atoms with E-state index in [4.69, 9.17) is 13.6 Å². The second kappa shape index (κ2) is 17.2. The zero-order valence-electron chi connectivity index (χ0n) is 23.8. The largest absolute Gasteiger partial charge is 0.461 e. The summed E-state index contributed by atoms with van der Waals surface area (Å²) in [7, 11) is 0.760. The summed E-state index contributed by atoms with van der Waals surface area (Å²) >= 11 is 0. The maximum absolute atomic E-state index is 11.4. The summed E-state index contributed by atoms with van der Waals surface area (Å²) in [5.41, 5.74) is 0.884. The molecule has 0 spiro atoms. The lowest BCUT2D eigenvalue weighted by molar-refractivity contribution is -0.140. The first-order valence-electron chi connectivity index (χ1n) is 12.9. The van der Waals surface area contributed by atoms with Gasteiger partial charge in [0.25, 0.3) is 0 Å². The van der Waals surface area contributed by atoms with Crippen LogP contribution in [0.4, 0.5) is 0 Å². The Morgan fingerprint density at radius 1 is 0.657 bits per heavy atom. The van der Waals surface area contributed by atoms with Gasteiger partial charge in [0.15, 0.2) is 16.6 Å².